The van der Waals surface area contributed by atoms with Crippen LogP contribution in [0.3, 0.4) is 0 Å². The van der Waals surface area contributed by atoms with Gasteiger partial charge in [-0.15, -0.1) is 0 Å². The Hall–Kier alpha value is -5.20. The Morgan fingerprint density at radius 1 is 0.979 bits per heavy atom. The van der Waals surface area contributed by atoms with Crippen molar-refractivity contribution in [2.24, 2.45) is 24.0 Å². The molecule has 3 aliphatic rings. The Morgan fingerprint density at radius 2 is 1.64 bits per heavy atom. The normalized spacial score (nSPS) is 19.8. The molecule has 1 heterocycles. The lowest BCUT2D eigenvalue weighted by molar-refractivity contribution is -0.143. The van der Waals surface area contributed by atoms with E-state index in [1.807, 2.05) is 36.4 Å². The number of carboxylic acids is 1. The van der Waals surface area contributed by atoms with Crippen LogP contribution in [0.2, 0.25) is 0 Å². The number of aromatic nitrogens is 2. The number of amides is 3. The fourth-order valence-corrected chi connectivity index (χ4v) is 6.89. The maximum Gasteiger partial charge on any atom is 0.407 e. The Kier molecular flexibility index (Phi) is 9.23. The van der Waals surface area contributed by atoms with Gasteiger partial charge in [-0.3, -0.25) is 24.5 Å². The second-order valence-electron chi connectivity index (χ2n) is 12.6. The lowest BCUT2D eigenvalue weighted by Gasteiger charge is -2.41. The third kappa shape index (κ3) is 6.98. The van der Waals surface area contributed by atoms with Gasteiger partial charge in [-0.1, -0.05) is 48.5 Å². The van der Waals surface area contributed by atoms with Crippen LogP contribution in [-0.2, 0) is 26.2 Å². The number of nitrogens with zero attached hydrogens (tertiary/aromatic N) is 3. The topological polar surface area (TPSA) is 176 Å². The molecule has 3 aliphatic carbocycles. The number of carbonyl (C=O) groups excluding carboxylic acids is 3. The molecule has 0 radical (unpaired) electrons. The van der Waals surface area contributed by atoms with Crippen LogP contribution in [0.15, 0.2) is 65.9 Å². The Labute approximate surface area is 272 Å². The highest BCUT2D eigenvalue weighted by Gasteiger charge is 2.47. The number of carboxylic acid groups (broad SMARTS) is 1. The summed E-state index contributed by atoms with van der Waals surface area (Å²) >= 11 is 0. The summed E-state index contributed by atoms with van der Waals surface area (Å²) in [6.45, 7) is 0.116. The highest BCUT2D eigenvalue weighted by atomic mass is 16.5. The van der Waals surface area contributed by atoms with Crippen LogP contribution < -0.4 is 21.6 Å². The van der Waals surface area contributed by atoms with Crippen LogP contribution in [0.25, 0.3) is 11.1 Å². The first-order valence-corrected chi connectivity index (χ1v) is 16.0. The number of fused-ring (bicyclic) bond motifs is 3. The smallest absolute Gasteiger partial charge is 0.407 e. The van der Waals surface area contributed by atoms with Crippen molar-refractivity contribution in [3.63, 3.8) is 0 Å². The molecule has 2 saturated carbocycles. The average Bonchev–Trinajstić information content (AvgIpc) is 3.60. The maximum absolute atomic E-state index is 13.6. The number of rotatable bonds is 11. The number of hydrogen-bond donors (Lipinski definition) is 5. The van der Waals surface area contributed by atoms with Crippen LogP contribution in [-0.4, -0.2) is 56.6 Å². The molecule has 0 atom stereocenters. The molecule has 0 bridgehead atoms. The fourth-order valence-electron chi connectivity index (χ4n) is 6.89. The molecule has 0 unspecified atom stereocenters. The molecule has 6 rings (SSSR count). The molecule has 0 spiro atoms. The molecule has 47 heavy (non-hydrogen) atoms. The van der Waals surface area contributed by atoms with Gasteiger partial charge < -0.3 is 20.5 Å². The number of hydrogen-bond acceptors (Lipinski definition) is 8. The summed E-state index contributed by atoms with van der Waals surface area (Å²) in [6.07, 6.45) is 5.22. The summed E-state index contributed by atoms with van der Waals surface area (Å²) in [5.41, 5.74) is 8.34. The number of ether oxygens (including phenoxy) is 1. The van der Waals surface area contributed by atoms with Crippen molar-refractivity contribution < 1.29 is 29.0 Å². The van der Waals surface area contributed by atoms with Gasteiger partial charge in [-0.05, 0) is 73.1 Å². The first-order valence-electron chi connectivity index (χ1n) is 16.0. The van der Waals surface area contributed by atoms with Crippen molar-refractivity contribution in [2.75, 3.05) is 11.9 Å². The van der Waals surface area contributed by atoms with Gasteiger partial charge >= 0.3 is 12.1 Å². The van der Waals surface area contributed by atoms with Crippen LogP contribution in [0.5, 0.6) is 0 Å². The van der Waals surface area contributed by atoms with Crippen molar-refractivity contribution in [1.82, 2.24) is 26.1 Å². The predicted molar refractivity (Wildman–Crippen MR) is 173 cm³/mol. The third-order valence-electron chi connectivity index (χ3n) is 9.55. The van der Waals surface area contributed by atoms with E-state index < -0.39 is 23.5 Å². The minimum atomic E-state index is -1.13. The monoisotopic (exact) mass is 641 g/mol. The molecule has 3 aromatic rings. The Morgan fingerprint density at radius 3 is 2.21 bits per heavy atom. The number of aliphatic carboxylic acids is 1. The van der Waals surface area contributed by atoms with Crippen LogP contribution >= 0.6 is 0 Å². The Balaban J connectivity index is 1.12. The zero-order valence-electron chi connectivity index (χ0n) is 26.2. The lowest BCUT2D eigenvalue weighted by Crippen LogP contribution is -2.62. The zero-order valence-corrected chi connectivity index (χ0v) is 26.2. The van der Waals surface area contributed by atoms with Gasteiger partial charge in [0.1, 0.15) is 6.61 Å². The summed E-state index contributed by atoms with van der Waals surface area (Å²) < 4.78 is 7.34. The van der Waals surface area contributed by atoms with E-state index in [2.05, 4.69) is 43.9 Å². The van der Waals surface area contributed by atoms with Crippen molar-refractivity contribution in [2.45, 2.75) is 62.8 Å². The standard InChI is InChI=1S/C34H39N7O6/c1-41-18-15-28(39-41)35-31(43)30(38-40-37-29(42)19-21-11-13-22(14-12-21)32(44)45)34(16-6-17-34)36-33(46)47-20-27-25-9-4-2-7-23(25)24-8-3-5-10-26(24)27/h2-5,7-10,15,18,21-22,27,40H,6,11-14,16-17,19-20H2,1H3,(H,36,46)(H,37,42)(H,44,45)(H,35,39,43)/b38-30+. The number of aryl methyl sites for hydroxylation is 1. The van der Waals surface area contributed by atoms with Gasteiger partial charge in [-0.25, -0.2) is 10.3 Å². The second-order valence-corrected chi connectivity index (χ2v) is 12.6. The van der Waals surface area contributed by atoms with Crippen LogP contribution in [0.1, 0.15) is 68.4 Å². The molecule has 13 heteroatoms. The molecule has 246 valence electrons. The Bertz CT molecular complexity index is 1640. The van der Waals surface area contributed by atoms with Crippen molar-refractivity contribution in [3.8, 4) is 11.1 Å². The predicted octanol–water partition coefficient (Wildman–Crippen LogP) is 4.08. The molecule has 2 fully saturated rings. The van der Waals surface area contributed by atoms with Crippen molar-refractivity contribution in [1.29, 1.82) is 0 Å². The fraction of sp³-hybridized carbons (Fsp3) is 0.412. The van der Waals surface area contributed by atoms with Gasteiger partial charge in [0.15, 0.2) is 11.5 Å². The number of anilines is 1. The number of hydrazone groups is 1. The lowest BCUT2D eigenvalue weighted by atomic mass is 9.73. The summed E-state index contributed by atoms with van der Waals surface area (Å²) in [7, 11) is 1.72. The number of benzene rings is 2. The third-order valence-corrected chi connectivity index (χ3v) is 9.55. The summed E-state index contributed by atoms with van der Waals surface area (Å²) in [5, 5.41) is 23.4. The SMILES string of the molecule is Cn1ccc(NC(=O)/C(=N\NNC(=O)CC2CCC(C(=O)O)CC2)C2(NC(=O)OCC3c4ccccc4-c4ccccc43)CCC2)n1. The minimum absolute atomic E-state index is 0.0230. The van der Waals surface area contributed by atoms with Crippen LogP contribution in [0, 0.1) is 11.8 Å². The first-order chi connectivity index (χ1) is 22.7. The molecule has 0 aliphatic heterocycles. The van der Waals surface area contributed by atoms with E-state index >= 15 is 0 Å². The van der Waals surface area contributed by atoms with Gasteiger partial charge in [0.05, 0.1) is 11.5 Å². The van der Waals surface area contributed by atoms with Gasteiger partial charge in [0.2, 0.25) is 5.91 Å². The second kappa shape index (κ2) is 13.7. The van der Waals surface area contributed by atoms with E-state index in [0.717, 1.165) is 28.7 Å². The molecule has 3 amide bonds. The van der Waals surface area contributed by atoms with Gasteiger partial charge in [0, 0.05) is 31.6 Å². The summed E-state index contributed by atoms with van der Waals surface area (Å²) in [6, 6.07) is 17.8. The number of alkyl carbamates (subject to hydrolysis) is 1. The molecular weight excluding hydrogens is 602 g/mol. The number of nitrogens with one attached hydrogen (secondary N) is 4. The molecular formula is C34H39N7O6. The van der Waals surface area contributed by atoms with Gasteiger partial charge in [0.25, 0.3) is 5.91 Å². The van der Waals surface area contributed by atoms with Crippen LogP contribution in [0.4, 0.5) is 10.6 Å². The highest BCUT2D eigenvalue weighted by Crippen LogP contribution is 2.44. The van der Waals surface area contributed by atoms with E-state index in [-0.39, 0.29) is 42.4 Å². The molecule has 1 aromatic heterocycles. The summed E-state index contributed by atoms with van der Waals surface area (Å²) in [4.78, 5) is 50.9. The molecule has 0 saturated heterocycles. The van der Waals surface area contributed by atoms with Crippen molar-refractivity contribution >= 4 is 35.4 Å². The van der Waals surface area contributed by atoms with E-state index in [4.69, 9.17) is 4.74 Å². The van der Waals surface area contributed by atoms with E-state index in [1.165, 1.54) is 0 Å². The minimum Gasteiger partial charge on any atom is -0.481 e. The van der Waals surface area contributed by atoms with E-state index in [1.54, 1.807) is 24.0 Å². The maximum atomic E-state index is 13.6. The largest absolute Gasteiger partial charge is 0.481 e. The zero-order chi connectivity index (χ0) is 33.0. The first kappa shape index (κ1) is 31.8. The molecule has 2 aromatic carbocycles. The highest BCUT2D eigenvalue weighted by molar-refractivity contribution is 6.46. The number of hydrazine groups is 1. The van der Waals surface area contributed by atoms with Gasteiger partial charge in [-0.2, -0.15) is 10.2 Å². The van der Waals surface area contributed by atoms with Crippen molar-refractivity contribution in [3.05, 3.63) is 71.9 Å². The van der Waals surface area contributed by atoms with E-state index in [9.17, 15) is 24.3 Å². The molecule has 13 nitrogen and oxygen atoms in total. The molecule has 5 N–H and O–H groups in total. The quantitative estimate of drug-likeness (QED) is 0.154. The summed E-state index contributed by atoms with van der Waals surface area (Å²) in [5.74, 6) is -1.82. The average molecular weight is 642 g/mol. The number of carbonyl (C=O) groups is 4. The van der Waals surface area contributed by atoms with E-state index in [0.29, 0.717) is 44.3 Å².